The minimum Gasteiger partial charge on any atom is -0.455 e. The van der Waals surface area contributed by atoms with Crippen LogP contribution in [0.1, 0.15) is 76.1 Å². The van der Waals surface area contributed by atoms with Crippen LogP contribution in [0.5, 0.6) is 34.5 Å². The van der Waals surface area contributed by atoms with Crippen molar-refractivity contribution in [2.45, 2.75) is 67.2 Å². The molecule has 6 N–H and O–H groups in total. The zero-order valence-electron chi connectivity index (χ0n) is 58.6. The molecule has 20 heteroatoms. The molecule has 0 bridgehead atoms. The maximum absolute atomic E-state index is 11.5. The van der Waals surface area contributed by atoms with E-state index in [1.54, 1.807) is 31.2 Å². The van der Waals surface area contributed by atoms with Gasteiger partial charge in [-0.25, -0.2) is 29.9 Å². The largest absolute Gasteiger partial charge is 0.455 e. The molecule has 12 aromatic rings. The molecule has 14 rings (SSSR count). The van der Waals surface area contributed by atoms with Crippen LogP contribution in [0.4, 0.5) is 34.5 Å². The van der Waals surface area contributed by atoms with Gasteiger partial charge in [0.15, 0.2) is 0 Å². The SMILES string of the molecule is COCC(=O)NCC#Cc1ccc2ncnc(Nc3ccc(Oc4cccnc4C)c(C)c3)c2c1.Cc1cc(Nc2ncnc3ccc(C#CC4CCNCC4)cc23)ccc1Oc1cccnc1C.Cc1ccc(Oc2ccc(Nc3ncnc4ccc(C#CC5CCNCC5)cc34)cc2C)cn1. The molecule has 0 aliphatic carbocycles. The number of aromatic nitrogens is 9. The molecule has 516 valence electrons. The van der Waals surface area contributed by atoms with Crippen LogP contribution in [-0.4, -0.2) is 97.2 Å². The van der Waals surface area contributed by atoms with Gasteiger partial charge >= 0.3 is 0 Å². The molecule has 20 nitrogen and oxygen atoms in total. The van der Waals surface area contributed by atoms with Gasteiger partial charge in [0, 0.05) is 86.9 Å². The number of hydrogen-bond acceptors (Lipinski definition) is 19. The van der Waals surface area contributed by atoms with Crippen LogP contribution >= 0.6 is 0 Å². The van der Waals surface area contributed by atoms with E-state index in [0.29, 0.717) is 23.4 Å². The molecule has 2 fully saturated rings. The van der Waals surface area contributed by atoms with Crippen LogP contribution < -0.4 is 46.1 Å². The van der Waals surface area contributed by atoms with E-state index < -0.39 is 0 Å². The Morgan fingerprint density at radius 3 is 1.28 bits per heavy atom. The molecule has 2 aliphatic heterocycles. The molecule has 2 aliphatic rings. The summed E-state index contributed by atoms with van der Waals surface area (Å²) in [4.78, 5) is 51.0. The first-order valence-electron chi connectivity index (χ1n) is 34.2. The third kappa shape index (κ3) is 19.5. The Kier molecular flexibility index (Phi) is 23.7. The molecule has 1 amide bonds. The summed E-state index contributed by atoms with van der Waals surface area (Å²) in [5.41, 5.74) is 13.7. The van der Waals surface area contributed by atoms with Crippen molar-refractivity contribution in [3.63, 3.8) is 0 Å². The second kappa shape index (κ2) is 34.6. The first-order valence-corrected chi connectivity index (χ1v) is 34.2. The Bertz CT molecular complexity index is 5200. The standard InChI is InChI=1S/2C28H27N5O.C27H25N5O3/c1-19-15-23(7-10-27(19)34-24-8-3-20(2)30-17-24)33-28-25-16-22(6-9-26(25)31-18-32-28)5-4-21-11-13-29-14-12-21;1-19-16-23(8-10-26(19)34-27-4-3-13-30-20(27)2)33-28-24-17-22(7-9-25(24)31-18-32-28)6-5-21-11-14-29-15-12-21;1-18-14-21(9-11-24(18)35-25-7-5-12-28-19(25)2)32-27-22-15-20(8-10-23(22)30-17-31-27)6-4-13-29-26(33)16-34-3/h3,6-10,15-18,21,29H,11-14H2,1-2H3,(H,31,32,33);3-4,7-10,13,16-18,21,29H,11-12,14-15H2,1-2H3,(H,31,32,33);5,7-12,14-15,17H,13,16H2,1-3H3,(H,29,33)(H,30,31,32). The van der Waals surface area contributed by atoms with Gasteiger partial charge in [0.2, 0.25) is 5.91 Å². The number of hydrogen-bond donors (Lipinski definition) is 6. The van der Waals surface area contributed by atoms with Crippen molar-refractivity contribution in [1.82, 2.24) is 60.8 Å². The second-order valence-corrected chi connectivity index (χ2v) is 24.9. The normalized spacial score (nSPS) is 12.7. The molecule has 0 atom stereocenters. The topological polar surface area (TPSA) is 242 Å². The molecular formula is C83H79N15O5. The summed E-state index contributed by atoms with van der Waals surface area (Å²) >= 11 is 0. The number of anilines is 6. The molecule has 0 radical (unpaired) electrons. The molecular weight excluding hydrogens is 1290 g/mol. The highest BCUT2D eigenvalue weighted by Crippen LogP contribution is 2.35. The fraction of sp³-hybridized carbons (Fsp3) is 0.229. The van der Waals surface area contributed by atoms with Crippen LogP contribution in [0.25, 0.3) is 32.7 Å². The van der Waals surface area contributed by atoms with Gasteiger partial charge < -0.3 is 50.8 Å². The summed E-state index contributed by atoms with van der Waals surface area (Å²) in [5.74, 6) is 27.0. The van der Waals surface area contributed by atoms with Crippen molar-refractivity contribution in [3.8, 4) is 70.0 Å². The lowest BCUT2D eigenvalue weighted by Crippen LogP contribution is -2.27. The smallest absolute Gasteiger partial charge is 0.246 e. The van der Waals surface area contributed by atoms with Gasteiger partial charge in [-0.3, -0.25) is 19.7 Å². The van der Waals surface area contributed by atoms with E-state index in [1.165, 1.54) is 13.4 Å². The molecule has 0 spiro atoms. The van der Waals surface area contributed by atoms with Crippen LogP contribution in [-0.2, 0) is 9.53 Å². The number of methoxy groups -OCH3 is 1. The zero-order valence-corrected chi connectivity index (χ0v) is 58.6. The van der Waals surface area contributed by atoms with E-state index in [-0.39, 0.29) is 19.1 Å². The number of pyridine rings is 3. The summed E-state index contributed by atoms with van der Waals surface area (Å²) in [6.07, 6.45) is 14.4. The van der Waals surface area contributed by atoms with Gasteiger partial charge in [-0.05, 0) is 256 Å². The van der Waals surface area contributed by atoms with Gasteiger partial charge in [-0.15, -0.1) is 0 Å². The van der Waals surface area contributed by atoms with E-state index in [2.05, 4.69) is 130 Å². The monoisotopic (exact) mass is 1370 g/mol. The van der Waals surface area contributed by atoms with Crippen LogP contribution in [0.3, 0.4) is 0 Å². The van der Waals surface area contributed by atoms with Crippen LogP contribution in [0, 0.1) is 88.9 Å². The maximum atomic E-state index is 11.5. The lowest BCUT2D eigenvalue weighted by Gasteiger charge is -2.17. The number of piperidine rings is 2. The van der Waals surface area contributed by atoms with Crippen molar-refractivity contribution >= 4 is 73.1 Å². The van der Waals surface area contributed by atoms with Gasteiger partial charge in [0.05, 0.1) is 40.7 Å². The Morgan fingerprint density at radius 1 is 0.456 bits per heavy atom. The predicted octanol–water partition coefficient (Wildman–Crippen LogP) is 15.3. The zero-order chi connectivity index (χ0) is 71.3. The number of nitrogens with zero attached hydrogens (tertiary/aromatic N) is 9. The lowest BCUT2D eigenvalue weighted by molar-refractivity contribution is -0.124. The average molecular weight is 1370 g/mol. The van der Waals surface area contributed by atoms with Crippen molar-refractivity contribution in [1.29, 1.82) is 0 Å². The van der Waals surface area contributed by atoms with Gasteiger partial charge in [0.25, 0.3) is 0 Å². The van der Waals surface area contributed by atoms with E-state index in [4.69, 9.17) is 18.9 Å². The fourth-order valence-electron chi connectivity index (χ4n) is 11.4. The van der Waals surface area contributed by atoms with Crippen LogP contribution in [0.15, 0.2) is 183 Å². The Balaban J connectivity index is 0.000000146. The molecule has 8 heterocycles. The highest BCUT2D eigenvalue weighted by Gasteiger charge is 2.16. The fourth-order valence-corrected chi connectivity index (χ4v) is 11.4. The lowest BCUT2D eigenvalue weighted by atomic mass is 9.98. The first kappa shape index (κ1) is 70.5. The minimum absolute atomic E-state index is 0.0136. The van der Waals surface area contributed by atoms with Gasteiger partial charge in [-0.1, -0.05) is 35.5 Å². The number of carbonyl (C=O) groups excluding carboxylic acids is 1. The summed E-state index contributed by atoms with van der Waals surface area (Å²) < 4.78 is 22.9. The number of aryl methyl sites for hydroxylation is 6. The van der Waals surface area contributed by atoms with Crippen molar-refractivity contribution in [2.24, 2.45) is 11.8 Å². The van der Waals surface area contributed by atoms with E-state index >= 15 is 0 Å². The molecule has 6 aromatic carbocycles. The number of rotatable bonds is 15. The highest BCUT2D eigenvalue weighted by atomic mass is 16.5. The number of amides is 1. The minimum atomic E-state index is -0.206. The third-order valence-corrected chi connectivity index (χ3v) is 17.1. The summed E-state index contributed by atoms with van der Waals surface area (Å²) in [6, 6.07) is 47.2. The molecule has 0 saturated carbocycles. The molecule has 6 aromatic heterocycles. The summed E-state index contributed by atoms with van der Waals surface area (Å²) in [7, 11) is 1.47. The Labute approximate surface area is 599 Å². The maximum Gasteiger partial charge on any atom is 0.246 e. The van der Waals surface area contributed by atoms with Crippen molar-refractivity contribution in [2.75, 3.05) is 62.4 Å². The van der Waals surface area contributed by atoms with E-state index in [0.717, 1.165) is 192 Å². The van der Waals surface area contributed by atoms with E-state index in [1.807, 2.05) is 169 Å². The first-order chi connectivity index (χ1) is 50.3. The Morgan fingerprint density at radius 2 is 0.883 bits per heavy atom. The van der Waals surface area contributed by atoms with Gasteiger partial charge in [0.1, 0.15) is 77.5 Å². The van der Waals surface area contributed by atoms with Crippen molar-refractivity contribution in [3.05, 3.63) is 234 Å². The van der Waals surface area contributed by atoms with Crippen LogP contribution in [0.2, 0.25) is 0 Å². The molecule has 103 heavy (non-hydrogen) atoms. The number of carbonyl (C=O) groups is 1. The average Bonchev–Trinajstić information content (AvgIpc) is 0.817. The van der Waals surface area contributed by atoms with Crippen molar-refractivity contribution < 1.29 is 23.7 Å². The third-order valence-electron chi connectivity index (χ3n) is 17.1. The van der Waals surface area contributed by atoms with Gasteiger partial charge in [-0.2, -0.15) is 0 Å². The molecule has 0 unspecified atom stereocenters. The number of ether oxygens (including phenoxy) is 4. The number of fused-ring (bicyclic) bond motifs is 3. The Hall–Kier alpha value is -12.4. The summed E-state index contributed by atoms with van der Waals surface area (Å²) in [6.45, 7) is 16.3. The number of nitrogens with one attached hydrogen (secondary N) is 6. The molecule has 2 saturated heterocycles. The predicted molar refractivity (Wildman–Crippen MR) is 406 cm³/mol. The number of benzene rings is 6. The van der Waals surface area contributed by atoms with E-state index in [9.17, 15) is 4.79 Å². The quantitative estimate of drug-likeness (QED) is 0.0523. The highest BCUT2D eigenvalue weighted by molar-refractivity contribution is 5.94. The second-order valence-electron chi connectivity index (χ2n) is 24.9. The summed E-state index contributed by atoms with van der Waals surface area (Å²) in [5, 5.41) is 22.4.